The highest BCUT2D eigenvalue weighted by Gasteiger charge is 2.21. The normalized spacial score (nSPS) is 12.0. The number of benzene rings is 1. The third-order valence-corrected chi connectivity index (χ3v) is 6.44. The van der Waals surface area contributed by atoms with Crippen molar-refractivity contribution in [3.8, 4) is 0 Å². The van der Waals surface area contributed by atoms with Crippen LogP contribution in [0.2, 0.25) is 0 Å². The molecular weight excluding hydrogens is 410 g/mol. The molecule has 0 bridgehead atoms. The van der Waals surface area contributed by atoms with Gasteiger partial charge >= 0.3 is 5.97 Å². The highest BCUT2D eigenvalue weighted by Crippen LogP contribution is 2.35. The Morgan fingerprint density at radius 2 is 2.00 bits per heavy atom. The van der Waals surface area contributed by atoms with Crippen molar-refractivity contribution in [2.45, 2.75) is 37.8 Å². The SMILES string of the molecule is CCOC(=O)c1sc2nc(C(C)Sc3ccc(NC(C)=O)cc3)[nH]c(=O)c2c1C. The minimum Gasteiger partial charge on any atom is -0.462 e. The lowest BCUT2D eigenvalue weighted by molar-refractivity contribution is -0.114. The summed E-state index contributed by atoms with van der Waals surface area (Å²) >= 11 is 2.71. The van der Waals surface area contributed by atoms with E-state index in [0.717, 1.165) is 10.6 Å². The lowest BCUT2D eigenvalue weighted by Crippen LogP contribution is -2.12. The molecule has 7 nitrogen and oxygen atoms in total. The van der Waals surface area contributed by atoms with Gasteiger partial charge in [0, 0.05) is 17.5 Å². The van der Waals surface area contributed by atoms with Crippen molar-refractivity contribution in [3.63, 3.8) is 0 Å². The lowest BCUT2D eigenvalue weighted by Gasteiger charge is -2.11. The molecule has 152 valence electrons. The van der Waals surface area contributed by atoms with E-state index in [1.54, 1.807) is 13.8 Å². The Bertz CT molecular complexity index is 1120. The maximum atomic E-state index is 12.6. The van der Waals surface area contributed by atoms with Crippen LogP contribution in [0.3, 0.4) is 0 Å². The molecule has 9 heteroatoms. The number of fused-ring (bicyclic) bond motifs is 1. The van der Waals surface area contributed by atoms with Crippen molar-refractivity contribution in [1.29, 1.82) is 0 Å². The fourth-order valence-corrected chi connectivity index (χ4v) is 4.83. The third kappa shape index (κ3) is 4.68. The number of thioether (sulfide) groups is 1. The molecule has 0 saturated heterocycles. The van der Waals surface area contributed by atoms with Crippen LogP contribution in [0.15, 0.2) is 34.0 Å². The van der Waals surface area contributed by atoms with E-state index in [-0.39, 0.29) is 23.3 Å². The van der Waals surface area contributed by atoms with Gasteiger partial charge in [-0.3, -0.25) is 9.59 Å². The van der Waals surface area contributed by atoms with Crippen molar-refractivity contribution in [2.75, 3.05) is 11.9 Å². The molecule has 0 aliphatic rings. The summed E-state index contributed by atoms with van der Waals surface area (Å²) in [5, 5.41) is 3.04. The number of aromatic amines is 1. The van der Waals surface area contributed by atoms with Crippen LogP contribution < -0.4 is 10.9 Å². The van der Waals surface area contributed by atoms with Crippen LogP contribution in [0.25, 0.3) is 10.2 Å². The van der Waals surface area contributed by atoms with E-state index in [1.807, 2.05) is 31.2 Å². The summed E-state index contributed by atoms with van der Waals surface area (Å²) in [7, 11) is 0. The summed E-state index contributed by atoms with van der Waals surface area (Å²) in [5.41, 5.74) is 1.06. The van der Waals surface area contributed by atoms with E-state index in [2.05, 4.69) is 15.3 Å². The van der Waals surface area contributed by atoms with Crippen LogP contribution >= 0.6 is 23.1 Å². The number of hydrogen-bond acceptors (Lipinski definition) is 7. The van der Waals surface area contributed by atoms with Crippen molar-refractivity contribution < 1.29 is 14.3 Å². The molecule has 0 saturated carbocycles. The molecule has 1 aromatic carbocycles. The summed E-state index contributed by atoms with van der Waals surface area (Å²) in [6.45, 7) is 7.16. The molecule has 0 radical (unpaired) electrons. The van der Waals surface area contributed by atoms with Gasteiger partial charge in [0.05, 0.1) is 17.2 Å². The molecule has 1 unspecified atom stereocenters. The first-order chi connectivity index (χ1) is 13.8. The number of nitrogens with one attached hydrogen (secondary N) is 2. The van der Waals surface area contributed by atoms with E-state index >= 15 is 0 Å². The number of ether oxygens (including phenoxy) is 1. The number of H-pyrrole nitrogens is 1. The minimum atomic E-state index is -0.435. The number of anilines is 1. The first-order valence-corrected chi connectivity index (χ1v) is 10.7. The van der Waals surface area contributed by atoms with Crippen LogP contribution in [0, 0.1) is 6.92 Å². The largest absolute Gasteiger partial charge is 0.462 e. The van der Waals surface area contributed by atoms with Gasteiger partial charge in [-0.05, 0) is 50.6 Å². The van der Waals surface area contributed by atoms with E-state index in [1.165, 1.54) is 30.0 Å². The highest BCUT2D eigenvalue weighted by atomic mass is 32.2. The van der Waals surface area contributed by atoms with Crippen molar-refractivity contribution in [2.24, 2.45) is 0 Å². The molecule has 0 aliphatic heterocycles. The fourth-order valence-electron chi connectivity index (χ4n) is 2.82. The highest BCUT2D eigenvalue weighted by molar-refractivity contribution is 7.99. The first-order valence-electron chi connectivity index (χ1n) is 9.04. The maximum Gasteiger partial charge on any atom is 0.348 e. The average Bonchev–Trinajstić information content (AvgIpc) is 3.00. The zero-order chi connectivity index (χ0) is 21.1. The Morgan fingerprint density at radius 1 is 1.31 bits per heavy atom. The second-order valence-electron chi connectivity index (χ2n) is 6.37. The van der Waals surface area contributed by atoms with Gasteiger partial charge in [-0.15, -0.1) is 23.1 Å². The number of aromatic nitrogens is 2. The number of carbonyl (C=O) groups excluding carboxylic acids is 2. The number of rotatable bonds is 6. The number of nitrogens with zero attached hydrogens (tertiary/aromatic N) is 1. The predicted molar refractivity (Wildman–Crippen MR) is 116 cm³/mol. The van der Waals surface area contributed by atoms with Crippen molar-refractivity contribution in [3.05, 3.63) is 50.9 Å². The second-order valence-corrected chi connectivity index (χ2v) is 8.79. The molecule has 1 atom stereocenters. The fraction of sp³-hybridized carbons (Fsp3) is 0.300. The molecule has 0 spiro atoms. The van der Waals surface area contributed by atoms with Gasteiger partial charge in [-0.2, -0.15) is 0 Å². The molecule has 2 aromatic heterocycles. The number of hydrogen-bond donors (Lipinski definition) is 2. The number of carbonyl (C=O) groups is 2. The molecule has 2 heterocycles. The number of amides is 1. The van der Waals surface area contributed by atoms with Crippen LogP contribution in [0.1, 0.15) is 47.1 Å². The van der Waals surface area contributed by atoms with Gasteiger partial charge in [-0.1, -0.05) is 0 Å². The van der Waals surface area contributed by atoms with Crippen LogP contribution in [0.4, 0.5) is 5.69 Å². The van der Waals surface area contributed by atoms with Gasteiger partial charge in [-0.25, -0.2) is 9.78 Å². The summed E-state index contributed by atoms with van der Waals surface area (Å²) in [4.78, 5) is 45.2. The zero-order valence-corrected chi connectivity index (χ0v) is 18.1. The van der Waals surface area contributed by atoms with Gasteiger partial charge in [0.1, 0.15) is 15.5 Å². The van der Waals surface area contributed by atoms with E-state index in [4.69, 9.17) is 4.74 Å². The average molecular weight is 432 g/mol. The Balaban J connectivity index is 1.86. The van der Waals surface area contributed by atoms with Crippen LogP contribution in [0.5, 0.6) is 0 Å². The number of thiophene rings is 1. The van der Waals surface area contributed by atoms with Crippen LogP contribution in [-0.2, 0) is 9.53 Å². The van der Waals surface area contributed by atoms with Crippen molar-refractivity contribution >= 4 is 50.9 Å². The quantitative estimate of drug-likeness (QED) is 0.446. The Kier molecular flexibility index (Phi) is 6.39. The van der Waals surface area contributed by atoms with E-state index in [9.17, 15) is 14.4 Å². The molecule has 3 rings (SSSR count). The molecule has 2 N–H and O–H groups in total. The van der Waals surface area contributed by atoms with E-state index < -0.39 is 5.97 Å². The van der Waals surface area contributed by atoms with Gasteiger partial charge in [0.15, 0.2) is 0 Å². The monoisotopic (exact) mass is 431 g/mol. The summed E-state index contributed by atoms with van der Waals surface area (Å²) < 4.78 is 5.07. The Morgan fingerprint density at radius 3 is 2.62 bits per heavy atom. The molecule has 1 amide bonds. The zero-order valence-electron chi connectivity index (χ0n) is 16.5. The van der Waals surface area contributed by atoms with Gasteiger partial charge in [0.2, 0.25) is 5.91 Å². The molecular formula is C20H21N3O4S2. The Hall–Kier alpha value is -2.65. The minimum absolute atomic E-state index is 0.118. The Labute approximate surface area is 175 Å². The topological polar surface area (TPSA) is 101 Å². The number of esters is 1. The van der Waals surface area contributed by atoms with E-state index in [0.29, 0.717) is 26.5 Å². The molecule has 3 aromatic rings. The maximum absolute atomic E-state index is 12.6. The standard InChI is InChI=1S/C20H21N3O4S2/c1-5-27-20(26)16-10(2)15-18(25)22-17(23-19(15)29-16)11(3)28-14-8-6-13(7-9-14)21-12(4)24/h6-9,11H,5H2,1-4H3,(H,21,24)(H,22,23,25). The van der Waals surface area contributed by atoms with Crippen LogP contribution in [-0.4, -0.2) is 28.5 Å². The third-order valence-electron chi connectivity index (χ3n) is 4.15. The van der Waals surface area contributed by atoms with Crippen molar-refractivity contribution in [1.82, 2.24) is 9.97 Å². The smallest absolute Gasteiger partial charge is 0.348 e. The second kappa shape index (κ2) is 8.79. The molecule has 0 fully saturated rings. The predicted octanol–water partition coefficient (Wildman–Crippen LogP) is 4.28. The number of aryl methyl sites for hydroxylation is 1. The molecule has 0 aliphatic carbocycles. The summed E-state index contributed by atoms with van der Waals surface area (Å²) in [6.07, 6.45) is 0. The lowest BCUT2D eigenvalue weighted by atomic mass is 10.2. The van der Waals surface area contributed by atoms with Gasteiger partial charge < -0.3 is 15.0 Å². The van der Waals surface area contributed by atoms with Gasteiger partial charge in [0.25, 0.3) is 5.56 Å². The summed E-state index contributed by atoms with van der Waals surface area (Å²) in [5.74, 6) is -0.0204. The molecule has 29 heavy (non-hydrogen) atoms. The summed E-state index contributed by atoms with van der Waals surface area (Å²) in [6, 6.07) is 7.45. The first kappa shape index (κ1) is 21.1.